The Balaban J connectivity index is 2.45. The number of benzene rings is 1. The van der Waals surface area contributed by atoms with E-state index in [0.717, 1.165) is 35.5 Å². The molecule has 0 aliphatic carbocycles. The lowest BCUT2D eigenvalue weighted by molar-refractivity contribution is -0.131. The first-order valence-corrected chi connectivity index (χ1v) is 7.44. The van der Waals surface area contributed by atoms with E-state index < -0.39 is 0 Å². The minimum atomic E-state index is 0.101. The maximum Gasteiger partial charge on any atom is 0.242 e. The van der Waals surface area contributed by atoms with E-state index in [0.29, 0.717) is 12.4 Å². The van der Waals surface area contributed by atoms with Crippen LogP contribution in [0.25, 0.3) is 11.0 Å². The summed E-state index contributed by atoms with van der Waals surface area (Å²) in [7, 11) is 0. The fourth-order valence-electron chi connectivity index (χ4n) is 2.50. The number of likely N-dealkylation sites (N-methyl/N-ethyl adjacent to an activating group) is 1. The van der Waals surface area contributed by atoms with Crippen LogP contribution in [0.1, 0.15) is 25.2 Å². The van der Waals surface area contributed by atoms with Gasteiger partial charge in [0.05, 0.1) is 16.9 Å². The molecule has 1 heterocycles. The van der Waals surface area contributed by atoms with Crippen LogP contribution in [0, 0.1) is 6.92 Å². The molecule has 4 nitrogen and oxygen atoms in total. The van der Waals surface area contributed by atoms with Gasteiger partial charge in [-0.1, -0.05) is 12.1 Å². The maximum atomic E-state index is 12.3. The summed E-state index contributed by atoms with van der Waals surface area (Å²) in [6, 6.07) is 5.95. The lowest BCUT2D eigenvalue weighted by atomic mass is 10.2. The molecule has 0 N–H and O–H groups in total. The molecule has 0 saturated carbocycles. The lowest BCUT2D eigenvalue weighted by Crippen LogP contribution is -2.33. The first kappa shape index (κ1) is 14.9. The van der Waals surface area contributed by atoms with Gasteiger partial charge in [0.25, 0.3) is 0 Å². The third-order valence-corrected chi connectivity index (χ3v) is 3.82. The molecule has 0 atom stereocenters. The van der Waals surface area contributed by atoms with Crippen LogP contribution in [0.2, 0.25) is 0 Å². The molecule has 0 aliphatic heterocycles. The van der Waals surface area contributed by atoms with E-state index in [1.807, 2.05) is 48.4 Å². The first-order valence-electron chi connectivity index (χ1n) is 6.90. The zero-order chi connectivity index (χ0) is 14.7. The van der Waals surface area contributed by atoms with Crippen LogP contribution in [0.5, 0.6) is 0 Å². The van der Waals surface area contributed by atoms with Gasteiger partial charge >= 0.3 is 0 Å². The Morgan fingerprint density at radius 3 is 2.65 bits per heavy atom. The number of aromatic nitrogens is 2. The van der Waals surface area contributed by atoms with E-state index in [9.17, 15) is 4.79 Å². The van der Waals surface area contributed by atoms with Gasteiger partial charge in [-0.05, 0) is 32.4 Å². The summed E-state index contributed by atoms with van der Waals surface area (Å²) >= 11 is 5.98. The summed E-state index contributed by atoms with van der Waals surface area (Å²) < 4.78 is 1.94. The first-order chi connectivity index (χ1) is 9.62. The fourth-order valence-corrected chi connectivity index (χ4v) is 2.70. The Morgan fingerprint density at radius 1 is 1.35 bits per heavy atom. The van der Waals surface area contributed by atoms with Crippen LogP contribution >= 0.6 is 11.6 Å². The Bertz CT molecular complexity index is 617. The minimum Gasteiger partial charge on any atom is -0.342 e. The summed E-state index contributed by atoms with van der Waals surface area (Å²) in [6.07, 6.45) is 0. The molecule has 108 valence electrons. The van der Waals surface area contributed by atoms with Crippen molar-refractivity contribution in [1.29, 1.82) is 0 Å². The molecule has 20 heavy (non-hydrogen) atoms. The predicted molar refractivity (Wildman–Crippen MR) is 82.0 cm³/mol. The van der Waals surface area contributed by atoms with Crippen molar-refractivity contribution in [3.63, 3.8) is 0 Å². The van der Waals surface area contributed by atoms with Crippen molar-refractivity contribution >= 4 is 28.5 Å². The van der Waals surface area contributed by atoms with Crippen molar-refractivity contribution in [2.75, 3.05) is 13.1 Å². The van der Waals surface area contributed by atoms with E-state index in [1.165, 1.54) is 0 Å². The molecule has 0 aliphatic rings. The van der Waals surface area contributed by atoms with Gasteiger partial charge in [-0.15, -0.1) is 11.6 Å². The molecule has 0 fully saturated rings. The van der Waals surface area contributed by atoms with Gasteiger partial charge in [0, 0.05) is 13.1 Å². The number of alkyl halides is 1. The number of para-hydroxylation sites is 1. The van der Waals surface area contributed by atoms with Crippen molar-refractivity contribution in [3.8, 4) is 0 Å². The highest BCUT2D eigenvalue weighted by Crippen LogP contribution is 2.21. The van der Waals surface area contributed by atoms with Crippen molar-refractivity contribution in [3.05, 3.63) is 29.6 Å². The molecule has 2 rings (SSSR count). The van der Waals surface area contributed by atoms with E-state index >= 15 is 0 Å². The summed E-state index contributed by atoms with van der Waals surface area (Å²) in [5.41, 5.74) is 3.01. The second-order valence-electron chi connectivity index (χ2n) is 4.76. The van der Waals surface area contributed by atoms with Crippen molar-refractivity contribution in [2.45, 2.75) is 33.2 Å². The van der Waals surface area contributed by atoms with Crippen LogP contribution in [-0.4, -0.2) is 33.4 Å². The molecule has 1 aromatic heterocycles. The predicted octanol–water partition coefficient (Wildman–Crippen LogP) is 2.95. The van der Waals surface area contributed by atoms with Crippen LogP contribution in [-0.2, 0) is 17.2 Å². The Morgan fingerprint density at radius 2 is 2.05 bits per heavy atom. The lowest BCUT2D eigenvalue weighted by Gasteiger charge is -2.20. The normalized spacial score (nSPS) is 11.0. The third kappa shape index (κ3) is 2.66. The number of carbonyl (C=O) groups is 1. The van der Waals surface area contributed by atoms with Gasteiger partial charge in [-0.3, -0.25) is 4.79 Å². The van der Waals surface area contributed by atoms with Gasteiger partial charge in [0.1, 0.15) is 12.4 Å². The minimum absolute atomic E-state index is 0.101. The third-order valence-electron chi connectivity index (χ3n) is 3.58. The van der Waals surface area contributed by atoms with Crippen LogP contribution in [0.3, 0.4) is 0 Å². The molecule has 1 amide bonds. The topological polar surface area (TPSA) is 38.1 Å². The molecule has 0 saturated heterocycles. The number of fused-ring (bicyclic) bond motifs is 1. The molecule has 1 aromatic carbocycles. The number of rotatable bonds is 5. The summed E-state index contributed by atoms with van der Waals surface area (Å²) in [5, 5.41) is 0. The Hall–Kier alpha value is -1.55. The molecule has 5 heteroatoms. The standard InChI is InChI=1S/C15H20ClN3O/c1-4-18(5-2)14(20)10-19-13(9-16)17-12-8-6-7-11(3)15(12)19/h6-8H,4-5,9-10H2,1-3H3. The van der Waals surface area contributed by atoms with E-state index in [1.54, 1.807) is 0 Å². The fraction of sp³-hybridized carbons (Fsp3) is 0.467. The average molecular weight is 294 g/mol. The van der Waals surface area contributed by atoms with E-state index in [-0.39, 0.29) is 5.91 Å². The molecule has 0 spiro atoms. The second kappa shape index (κ2) is 6.27. The zero-order valence-electron chi connectivity index (χ0n) is 12.2. The Kier molecular flexibility index (Phi) is 4.65. The number of hydrogen-bond donors (Lipinski definition) is 0. The number of carbonyl (C=O) groups excluding carboxylic acids is 1. The SMILES string of the molecule is CCN(CC)C(=O)Cn1c(CCl)nc2cccc(C)c21. The summed E-state index contributed by atoms with van der Waals surface area (Å²) in [5.74, 6) is 1.15. The monoisotopic (exact) mass is 293 g/mol. The number of aryl methyl sites for hydroxylation is 1. The van der Waals surface area contributed by atoms with Crippen LogP contribution < -0.4 is 0 Å². The maximum absolute atomic E-state index is 12.3. The summed E-state index contributed by atoms with van der Waals surface area (Å²) in [4.78, 5) is 18.7. The van der Waals surface area contributed by atoms with Gasteiger partial charge in [0.2, 0.25) is 5.91 Å². The summed E-state index contributed by atoms with van der Waals surface area (Å²) in [6.45, 7) is 7.74. The van der Waals surface area contributed by atoms with Crippen LogP contribution in [0.15, 0.2) is 18.2 Å². The van der Waals surface area contributed by atoms with Crippen molar-refractivity contribution in [1.82, 2.24) is 14.5 Å². The Labute approximate surface area is 124 Å². The zero-order valence-corrected chi connectivity index (χ0v) is 12.9. The highest BCUT2D eigenvalue weighted by atomic mass is 35.5. The highest BCUT2D eigenvalue weighted by molar-refractivity contribution is 6.16. The molecular formula is C15H20ClN3O. The molecule has 0 bridgehead atoms. The smallest absolute Gasteiger partial charge is 0.242 e. The number of halogens is 1. The number of amides is 1. The number of imidazole rings is 1. The van der Waals surface area contributed by atoms with Gasteiger partial charge in [-0.2, -0.15) is 0 Å². The molecule has 0 radical (unpaired) electrons. The van der Waals surface area contributed by atoms with E-state index in [2.05, 4.69) is 4.98 Å². The average Bonchev–Trinajstić information content (AvgIpc) is 2.79. The largest absolute Gasteiger partial charge is 0.342 e. The number of hydrogen-bond acceptors (Lipinski definition) is 2. The quantitative estimate of drug-likeness (QED) is 0.795. The highest BCUT2D eigenvalue weighted by Gasteiger charge is 2.17. The molecule has 2 aromatic rings. The van der Waals surface area contributed by atoms with Crippen molar-refractivity contribution < 1.29 is 4.79 Å². The van der Waals surface area contributed by atoms with E-state index in [4.69, 9.17) is 11.6 Å². The molecular weight excluding hydrogens is 274 g/mol. The van der Waals surface area contributed by atoms with Gasteiger partial charge < -0.3 is 9.47 Å². The second-order valence-corrected chi connectivity index (χ2v) is 5.02. The molecule has 0 unspecified atom stereocenters. The van der Waals surface area contributed by atoms with Gasteiger partial charge in [0.15, 0.2) is 0 Å². The number of nitrogens with zero attached hydrogens (tertiary/aromatic N) is 3. The van der Waals surface area contributed by atoms with Crippen LogP contribution in [0.4, 0.5) is 0 Å². The van der Waals surface area contributed by atoms with Gasteiger partial charge in [-0.25, -0.2) is 4.98 Å². The van der Waals surface area contributed by atoms with Crippen molar-refractivity contribution in [2.24, 2.45) is 0 Å².